The molecular formula is C22H22O5. The van der Waals surface area contributed by atoms with Crippen LogP contribution in [0.2, 0.25) is 0 Å². The van der Waals surface area contributed by atoms with Crippen molar-refractivity contribution in [1.82, 2.24) is 0 Å². The molecule has 0 spiro atoms. The van der Waals surface area contributed by atoms with Crippen LogP contribution in [0.1, 0.15) is 51.5 Å². The van der Waals surface area contributed by atoms with E-state index in [4.69, 9.17) is 9.84 Å². The van der Waals surface area contributed by atoms with E-state index in [1.807, 2.05) is 27.7 Å². The van der Waals surface area contributed by atoms with Crippen molar-refractivity contribution in [3.63, 3.8) is 0 Å². The lowest BCUT2D eigenvalue weighted by atomic mass is 9.87. The first-order valence-corrected chi connectivity index (χ1v) is 8.73. The normalized spacial score (nSPS) is 18.1. The standard InChI is InChI=1S/C22H22O5/c1-12-13(2)20-16(14(3)19(12)24)8-10-22(4,27-20)9-7-15-5-6-18(23)17(11-15)21(25)26/h5-6,11,23-24H,8,10H2,1-4H3,(H,25,26). The second kappa shape index (κ2) is 6.55. The summed E-state index contributed by atoms with van der Waals surface area (Å²) >= 11 is 0. The molecule has 3 rings (SSSR count). The van der Waals surface area contributed by atoms with Crippen LogP contribution in [0.4, 0.5) is 0 Å². The third kappa shape index (κ3) is 3.31. The highest BCUT2D eigenvalue weighted by atomic mass is 16.5. The molecule has 0 bridgehead atoms. The van der Waals surface area contributed by atoms with Crippen LogP contribution in [-0.4, -0.2) is 26.9 Å². The number of aromatic carboxylic acids is 1. The Labute approximate surface area is 158 Å². The monoisotopic (exact) mass is 366 g/mol. The number of phenolic OH excluding ortho intramolecular Hbond substituents is 1. The van der Waals surface area contributed by atoms with E-state index in [-0.39, 0.29) is 11.3 Å². The minimum absolute atomic E-state index is 0.181. The summed E-state index contributed by atoms with van der Waals surface area (Å²) < 4.78 is 6.24. The third-order valence-corrected chi connectivity index (χ3v) is 5.22. The number of benzene rings is 2. The molecule has 1 atom stereocenters. The van der Waals surface area contributed by atoms with Crippen molar-refractivity contribution in [2.45, 2.75) is 46.1 Å². The van der Waals surface area contributed by atoms with Crippen LogP contribution in [0.15, 0.2) is 18.2 Å². The Morgan fingerprint density at radius 2 is 1.85 bits per heavy atom. The molecule has 0 aromatic heterocycles. The van der Waals surface area contributed by atoms with Crippen molar-refractivity contribution >= 4 is 5.97 Å². The average Bonchev–Trinajstić information content (AvgIpc) is 2.63. The molecule has 1 aliphatic rings. The molecule has 0 aliphatic carbocycles. The van der Waals surface area contributed by atoms with Gasteiger partial charge in [-0.15, -0.1) is 0 Å². The van der Waals surface area contributed by atoms with Crippen molar-refractivity contribution in [2.24, 2.45) is 0 Å². The van der Waals surface area contributed by atoms with Gasteiger partial charge in [-0.2, -0.15) is 0 Å². The molecule has 0 fully saturated rings. The lowest BCUT2D eigenvalue weighted by Crippen LogP contribution is -2.35. The van der Waals surface area contributed by atoms with E-state index >= 15 is 0 Å². The van der Waals surface area contributed by atoms with Crippen molar-refractivity contribution in [1.29, 1.82) is 0 Å². The first-order chi connectivity index (χ1) is 12.6. The number of carboxylic acids is 1. The van der Waals surface area contributed by atoms with E-state index in [1.165, 1.54) is 12.1 Å². The molecule has 5 nitrogen and oxygen atoms in total. The van der Waals surface area contributed by atoms with Gasteiger partial charge in [0.25, 0.3) is 0 Å². The maximum atomic E-state index is 11.2. The summed E-state index contributed by atoms with van der Waals surface area (Å²) in [5, 5.41) is 29.0. The summed E-state index contributed by atoms with van der Waals surface area (Å²) in [5.74, 6) is 5.67. The lowest BCUT2D eigenvalue weighted by molar-refractivity contribution is 0.0693. The molecule has 2 aromatic carbocycles. The van der Waals surface area contributed by atoms with Gasteiger partial charge in [0, 0.05) is 17.5 Å². The van der Waals surface area contributed by atoms with Gasteiger partial charge in [0.05, 0.1) is 0 Å². The van der Waals surface area contributed by atoms with Gasteiger partial charge in [-0.25, -0.2) is 4.79 Å². The van der Waals surface area contributed by atoms with E-state index in [1.54, 1.807) is 6.07 Å². The van der Waals surface area contributed by atoms with E-state index in [0.717, 1.165) is 34.4 Å². The molecular weight excluding hydrogens is 344 g/mol. The average molecular weight is 366 g/mol. The van der Waals surface area contributed by atoms with Crippen LogP contribution >= 0.6 is 0 Å². The Kier molecular flexibility index (Phi) is 4.52. The maximum Gasteiger partial charge on any atom is 0.339 e. The number of hydrogen-bond donors (Lipinski definition) is 3. The van der Waals surface area contributed by atoms with Crippen LogP contribution < -0.4 is 4.74 Å². The van der Waals surface area contributed by atoms with Crippen LogP contribution in [0.3, 0.4) is 0 Å². The molecule has 0 amide bonds. The summed E-state index contributed by atoms with van der Waals surface area (Å²) in [6.07, 6.45) is 1.39. The zero-order chi connectivity index (χ0) is 19.9. The predicted molar refractivity (Wildman–Crippen MR) is 102 cm³/mol. The van der Waals surface area contributed by atoms with Crippen molar-refractivity contribution in [3.05, 3.63) is 51.6 Å². The molecule has 0 saturated heterocycles. The Morgan fingerprint density at radius 3 is 2.52 bits per heavy atom. The van der Waals surface area contributed by atoms with Crippen molar-refractivity contribution < 1.29 is 24.9 Å². The fourth-order valence-corrected chi connectivity index (χ4v) is 3.33. The molecule has 0 saturated carbocycles. The van der Waals surface area contributed by atoms with Crippen LogP contribution in [0.25, 0.3) is 0 Å². The molecule has 5 heteroatoms. The van der Waals surface area contributed by atoms with E-state index in [2.05, 4.69) is 11.8 Å². The Hall–Kier alpha value is -3.13. The van der Waals surface area contributed by atoms with Gasteiger partial charge in [-0.3, -0.25) is 0 Å². The van der Waals surface area contributed by atoms with Crippen molar-refractivity contribution in [2.75, 3.05) is 0 Å². The summed E-state index contributed by atoms with van der Waals surface area (Å²) in [4.78, 5) is 11.2. The minimum Gasteiger partial charge on any atom is -0.507 e. The van der Waals surface area contributed by atoms with Gasteiger partial charge >= 0.3 is 5.97 Å². The second-order valence-electron chi connectivity index (χ2n) is 7.15. The SMILES string of the molecule is Cc1c(C)c2c(c(C)c1O)CCC(C)(C#Cc1ccc(O)c(C(=O)O)c1)O2. The fraction of sp³-hybridized carbons (Fsp3) is 0.318. The number of phenols is 2. The smallest absolute Gasteiger partial charge is 0.339 e. The van der Waals surface area contributed by atoms with Crippen LogP contribution in [-0.2, 0) is 6.42 Å². The van der Waals surface area contributed by atoms with Gasteiger partial charge in [0.2, 0.25) is 0 Å². The first kappa shape index (κ1) is 18.7. The van der Waals surface area contributed by atoms with Gasteiger partial charge in [0.15, 0.2) is 5.60 Å². The Balaban J connectivity index is 1.97. The summed E-state index contributed by atoms with van der Waals surface area (Å²) in [5.41, 5.74) is 3.14. The first-order valence-electron chi connectivity index (χ1n) is 8.73. The lowest BCUT2D eigenvalue weighted by Gasteiger charge is -2.34. The zero-order valence-electron chi connectivity index (χ0n) is 15.8. The van der Waals surface area contributed by atoms with Gasteiger partial charge in [0.1, 0.15) is 22.8 Å². The highest BCUT2D eigenvalue weighted by Gasteiger charge is 2.33. The number of carboxylic acid groups (broad SMARTS) is 1. The minimum atomic E-state index is -1.20. The molecule has 1 heterocycles. The van der Waals surface area contributed by atoms with Gasteiger partial charge in [-0.05, 0) is 69.0 Å². The fourth-order valence-electron chi connectivity index (χ4n) is 3.33. The highest BCUT2D eigenvalue weighted by Crippen LogP contribution is 2.43. The zero-order valence-corrected chi connectivity index (χ0v) is 15.8. The summed E-state index contributed by atoms with van der Waals surface area (Å²) in [7, 11) is 0. The molecule has 0 radical (unpaired) electrons. The number of ether oxygens (including phenoxy) is 1. The third-order valence-electron chi connectivity index (χ3n) is 5.22. The largest absolute Gasteiger partial charge is 0.507 e. The highest BCUT2D eigenvalue weighted by molar-refractivity contribution is 5.91. The Bertz CT molecular complexity index is 1010. The van der Waals surface area contributed by atoms with E-state index in [9.17, 15) is 15.0 Å². The number of rotatable bonds is 1. The molecule has 140 valence electrons. The summed E-state index contributed by atoms with van der Waals surface area (Å²) in [6.45, 7) is 7.58. The van der Waals surface area contributed by atoms with Gasteiger partial charge in [-0.1, -0.05) is 11.8 Å². The summed E-state index contributed by atoms with van der Waals surface area (Å²) in [6, 6.07) is 4.25. The molecule has 27 heavy (non-hydrogen) atoms. The van der Waals surface area contributed by atoms with Crippen LogP contribution in [0.5, 0.6) is 17.2 Å². The number of hydrogen-bond acceptors (Lipinski definition) is 4. The number of carbonyl (C=O) groups is 1. The number of aromatic hydroxyl groups is 2. The predicted octanol–water partition coefficient (Wildman–Crippen LogP) is 3.86. The molecule has 2 aromatic rings. The Morgan fingerprint density at radius 1 is 1.15 bits per heavy atom. The quantitative estimate of drug-likeness (QED) is 0.667. The second-order valence-corrected chi connectivity index (χ2v) is 7.15. The number of fused-ring (bicyclic) bond motifs is 1. The topological polar surface area (TPSA) is 87.0 Å². The van der Waals surface area contributed by atoms with E-state index < -0.39 is 11.6 Å². The van der Waals surface area contributed by atoms with Crippen molar-refractivity contribution in [3.8, 4) is 29.1 Å². The molecule has 1 unspecified atom stereocenters. The van der Waals surface area contributed by atoms with E-state index in [0.29, 0.717) is 17.7 Å². The maximum absolute atomic E-state index is 11.2. The van der Waals surface area contributed by atoms with Gasteiger partial charge < -0.3 is 20.1 Å². The molecule has 3 N–H and O–H groups in total. The molecule has 1 aliphatic heterocycles. The van der Waals surface area contributed by atoms with Crippen LogP contribution in [0, 0.1) is 32.6 Å².